The lowest BCUT2D eigenvalue weighted by molar-refractivity contribution is 1.07. The van der Waals surface area contributed by atoms with E-state index >= 15 is 0 Å². The second-order valence-electron chi connectivity index (χ2n) is 11.9. The van der Waals surface area contributed by atoms with E-state index in [1.54, 1.807) is 6.20 Å². The molecule has 0 saturated heterocycles. The van der Waals surface area contributed by atoms with Crippen LogP contribution in [0.1, 0.15) is 0 Å². The van der Waals surface area contributed by atoms with Gasteiger partial charge in [0.15, 0.2) is 11.6 Å². The fraction of sp³-hybridized carbons (Fsp3) is 0. The maximum atomic E-state index is 4.68. The highest BCUT2D eigenvalue weighted by Crippen LogP contribution is 2.38. The molecule has 0 amide bonds. The van der Waals surface area contributed by atoms with Gasteiger partial charge in [-0.05, 0) is 97.1 Å². The molecule has 6 aromatic carbocycles. The minimum atomic E-state index is 0.743. The van der Waals surface area contributed by atoms with Crippen LogP contribution in [-0.2, 0) is 0 Å². The number of hydrogen-bond acceptors (Lipinski definition) is 4. The Kier molecular flexibility index (Phi) is 7.02. The van der Waals surface area contributed by atoms with Crippen molar-refractivity contribution < 1.29 is 0 Å². The normalized spacial score (nSPS) is 11.3. The molecule has 0 fully saturated rings. The zero-order chi connectivity index (χ0) is 32.6. The highest BCUT2D eigenvalue weighted by molar-refractivity contribution is 6.09. The van der Waals surface area contributed by atoms with Crippen LogP contribution in [0.5, 0.6) is 0 Å². The van der Waals surface area contributed by atoms with Gasteiger partial charge in [0.1, 0.15) is 0 Å². The molecule has 232 valence electrons. The number of anilines is 3. The lowest BCUT2D eigenvalue weighted by Gasteiger charge is -2.26. The predicted molar refractivity (Wildman–Crippen MR) is 199 cm³/mol. The quantitative estimate of drug-likeness (QED) is 0.176. The van der Waals surface area contributed by atoms with Crippen molar-refractivity contribution in [3.63, 3.8) is 0 Å². The van der Waals surface area contributed by atoms with Crippen LogP contribution >= 0.6 is 0 Å². The third-order valence-electron chi connectivity index (χ3n) is 8.94. The van der Waals surface area contributed by atoms with E-state index in [9.17, 15) is 0 Å². The molecule has 3 aromatic heterocycles. The zero-order valence-corrected chi connectivity index (χ0v) is 26.5. The van der Waals surface area contributed by atoms with Crippen LogP contribution in [0.2, 0.25) is 0 Å². The Morgan fingerprint density at radius 3 is 1.51 bits per heavy atom. The highest BCUT2D eigenvalue weighted by atomic mass is 15.3. The maximum Gasteiger partial charge on any atom is 0.170 e. The van der Waals surface area contributed by atoms with Crippen molar-refractivity contribution in [2.75, 3.05) is 4.90 Å². The number of fused-ring (bicyclic) bond motifs is 3. The van der Waals surface area contributed by atoms with Gasteiger partial charge >= 0.3 is 0 Å². The van der Waals surface area contributed by atoms with Gasteiger partial charge in [0, 0.05) is 62.7 Å². The van der Waals surface area contributed by atoms with Crippen molar-refractivity contribution >= 4 is 38.9 Å². The molecule has 0 aliphatic carbocycles. The lowest BCUT2D eigenvalue weighted by atomic mass is 10.1. The number of pyridine rings is 1. The van der Waals surface area contributed by atoms with Crippen molar-refractivity contribution in [1.82, 2.24) is 24.3 Å². The molecule has 6 nitrogen and oxygen atoms in total. The van der Waals surface area contributed by atoms with Crippen LogP contribution in [0.3, 0.4) is 0 Å². The molecule has 0 saturated carbocycles. The van der Waals surface area contributed by atoms with Gasteiger partial charge in [-0.15, -0.1) is 10.2 Å². The Bertz CT molecular complexity index is 2470. The Morgan fingerprint density at radius 2 is 0.898 bits per heavy atom. The van der Waals surface area contributed by atoms with E-state index in [1.165, 1.54) is 21.8 Å². The van der Waals surface area contributed by atoms with Gasteiger partial charge in [-0.3, -0.25) is 9.55 Å². The van der Waals surface area contributed by atoms with Gasteiger partial charge in [0.2, 0.25) is 0 Å². The van der Waals surface area contributed by atoms with E-state index in [0.29, 0.717) is 0 Å². The Labute approximate surface area is 283 Å². The van der Waals surface area contributed by atoms with Crippen LogP contribution < -0.4 is 4.90 Å². The fourth-order valence-corrected chi connectivity index (χ4v) is 6.71. The van der Waals surface area contributed by atoms with Crippen molar-refractivity contribution in [3.8, 4) is 34.2 Å². The first-order valence-corrected chi connectivity index (χ1v) is 16.3. The molecule has 0 radical (unpaired) electrons. The predicted octanol–water partition coefficient (Wildman–Crippen LogP) is 10.6. The molecule has 9 aromatic rings. The summed E-state index contributed by atoms with van der Waals surface area (Å²) in [6, 6.07) is 59.2. The van der Waals surface area contributed by atoms with Gasteiger partial charge < -0.3 is 9.47 Å². The number of hydrogen-bond donors (Lipinski definition) is 0. The molecule has 0 spiro atoms. The molecule has 6 heteroatoms. The Morgan fingerprint density at radius 1 is 0.388 bits per heavy atom. The number of rotatable bonds is 7. The van der Waals surface area contributed by atoms with Crippen molar-refractivity contribution in [3.05, 3.63) is 182 Å². The van der Waals surface area contributed by atoms with E-state index in [2.05, 4.69) is 163 Å². The average Bonchev–Trinajstić information content (AvgIpc) is 3.77. The van der Waals surface area contributed by atoms with E-state index < -0.39 is 0 Å². The summed E-state index contributed by atoms with van der Waals surface area (Å²) in [7, 11) is 0. The van der Waals surface area contributed by atoms with E-state index in [-0.39, 0.29) is 0 Å². The maximum absolute atomic E-state index is 4.68. The SMILES string of the molecule is c1ccc(N(c2ccc(-c3nnc(-c4cccnc4)n3-c3ccccc3)cc2)c2ccc(-n3c4ccccc4c4ccccc43)cc2)cc1. The van der Waals surface area contributed by atoms with Crippen LogP contribution in [0.25, 0.3) is 56.0 Å². The lowest BCUT2D eigenvalue weighted by Crippen LogP contribution is -2.10. The van der Waals surface area contributed by atoms with Gasteiger partial charge in [0.25, 0.3) is 0 Å². The second kappa shape index (κ2) is 12.1. The third kappa shape index (κ3) is 5.03. The fourth-order valence-electron chi connectivity index (χ4n) is 6.71. The Balaban J connectivity index is 1.12. The minimum absolute atomic E-state index is 0.743. The molecule has 0 N–H and O–H groups in total. The minimum Gasteiger partial charge on any atom is -0.311 e. The number of para-hydroxylation sites is 4. The van der Waals surface area contributed by atoms with Gasteiger partial charge in [-0.2, -0.15) is 0 Å². The highest BCUT2D eigenvalue weighted by Gasteiger charge is 2.19. The van der Waals surface area contributed by atoms with Crippen LogP contribution in [0.4, 0.5) is 17.1 Å². The topological polar surface area (TPSA) is 51.8 Å². The molecule has 0 aliphatic heterocycles. The summed E-state index contributed by atoms with van der Waals surface area (Å²) in [6.45, 7) is 0. The van der Waals surface area contributed by atoms with Gasteiger partial charge in [0.05, 0.1) is 11.0 Å². The molecule has 0 atom stereocenters. The van der Waals surface area contributed by atoms with Crippen LogP contribution in [0.15, 0.2) is 182 Å². The number of nitrogens with zero attached hydrogens (tertiary/aromatic N) is 6. The summed E-state index contributed by atoms with van der Waals surface area (Å²) < 4.78 is 4.44. The van der Waals surface area contributed by atoms with E-state index in [4.69, 9.17) is 0 Å². The third-order valence-corrected chi connectivity index (χ3v) is 8.94. The summed E-state index contributed by atoms with van der Waals surface area (Å²) in [5, 5.41) is 11.8. The second-order valence-corrected chi connectivity index (χ2v) is 11.9. The zero-order valence-electron chi connectivity index (χ0n) is 26.5. The summed E-state index contributed by atoms with van der Waals surface area (Å²) in [5.41, 5.74) is 9.54. The first kappa shape index (κ1) is 28.4. The standard InChI is InChI=1S/C43H30N6/c1-3-13-33(14-4-1)47(36-25-27-37(28-26-36)48-40-19-9-7-17-38(40)39-18-8-10-20-41(39)48)35-23-21-31(22-24-35)42-45-46-43(32-12-11-29-44-30-32)49(42)34-15-5-2-6-16-34/h1-30H. The molecule has 3 heterocycles. The smallest absolute Gasteiger partial charge is 0.170 e. The number of aromatic nitrogens is 5. The largest absolute Gasteiger partial charge is 0.311 e. The number of benzene rings is 6. The van der Waals surface area contributed by atoms with Gasteiger partial charge in [-0.1, -0.05) is 72.8 Å². The summed E-state index contributed by atoms with van der Waals surface area (Å²) in [4.78, 5) is 6.61. The molecular weight excluding hydrogens is 601 g/mol. The van der Waals surface area contributed by atoms with Crippen LogP contribution in [-0.4, -0.2) is 24.3 Å². The molecule has 0 aliphatic rings. The first-order chi connectivity index (χ1) is 24.3. The van der Waals surface area contributed by atoms with Crippen LogP contribution in [0, 0.1) is 0 Å². The molecule has 49 heavy (non-hydrogen) atoms. The van der Waals surface area contributed by atoms with E-state index in [1.807, 2.05) is 42.6 Å². The molecule has 0 unspecified atom stereocenters. The van der Waals surface area contributed by atoms with Gasteiger partial charge in [-0.25, -0.2) is 0 Å². The van der Waals surface area contributed by atoms with Crippen molar-refractivity contribution in [2.24, 2.45) is 0 Å². The molecular formula is C43H30N6. The first-order valence-electron chi connectivity index (χ1n) is 16.3. The summed E-state index contributed by atoms with van der Waals surface area (Å²) >= 11 is 0. The van der Waals surface area contributed by atoms with E-state index in [0.717, 1.165) is 51.2 Å². The Hall–Kier alpha value is -6.79. The monoisotopic (exact) mass is 630 g/mol. The summed E-state index contributed by atoms with van der Waals surface area (Å²) in [5.74, 6) is 1.51. The average molecular weight is 631 g/mol. The molecule has 9 rings (SSSR count). The van der Waals surface area contributed by atoms with Crippen molar-refractivity contribution in [2.45, 2.75) is 0 Å². The van der Waals surface area contributed by atoms with Crippen molar-refractivity contribution in [1.29, 1.82) is 0 Å². The molecule has 0 bridgehead atoms. The summed E-state index contributed by atoms with van der Waals surface area (Å²) in [6.07, 6.45) is 3.59.